The van der Waals surface area contributed by atoms with Gasteiger partial charge in [0.2, 0.25) is 0 Å². The third-order valence-electron chi connectivity index (χ3n) is 18.1. The molecule has 0 aromatic heterocycles. The van der Waals surface area contributed by atoms with E-state index in [-0.39, 0.29) is 12.2 Å². The molecule has 6 heteroatoms. The second-order valence-corrected chi connectivity index (χ2v) is 26.5. The average molecular weight is 1160 g/mol. The van der Waals surface area contributed by atoms with Gasteiger partial charge in [-0.1, -0.05) is 425 Å². The van der Waals surface area contributed by atoms with Crippen molar-refractivity contribution in [2.75, 3.05) is 26.3 Å². The number of nitrogens with one attached hydrogen (secondary N) is 2. The van der Waals surface area contributed by atoms with Gasteiger partial charge in [0, 0.05) is 13.1 Å². The Morgan fingerprint density at radius 2 is 0.305 bits per heavy atom. The van der Waals surface area contributed by atoms with E-state index in [2.05, 4.69) is 24.5 Å². The summed E-state index contributed by atoms with van der Waals surface area (Å²) in [6.07, 6.45) is 93.7. The number of alkyl carbamates (subject to hydrolysis) is 2. The van der Waals surface area contributed by atoms with Crippen molar-refractivity contribution in [1.29, 1.82) is 0 Å². The molecule has 82 heavy (non-hydrogen) atoms. The number of carbonyl (C=O) groups excluding carboxylic acids is 2. The molecule has 0 radical (unpaired) electrons. The lowest BCUT2D eigenvalue weighted by atomic mass is 10.0. The first-order valence-electron chi connectivity index (χ1n) is 38.5. The molecule has 0 bridgehead atoms. The molecule has 0 aliphatic carbocycles. The van der Waals surface area contributed by atoms with E-state index in [1.54, 1.807) is 0 Å². The van der Waals surface area contributed by atoms with Crippen LogP contribution in [-0.2, 0) is 9.47 Å². The fourth-order valence-electron chi connectivity index (χ4n) is 12.4. The second-order valence-electron chi connectivity index (χ2n) is 26.5. The minimum absolute atomic E-state index is 0.285. The van der Waals surface area contributed by atoms with Crippen molar-refractivity contribution in [3.8, 4) is 0 Å². The third kappa shape index (κ3) is 74.6. The highest BCUT2D eigenvalue weighted by atomic mass is 16.6. The zero-order chi connectivity index (χ0) is 58.9. The first kappa shape index (κ1) is 80.5. The van der Waals surface area contributed by atoms with Crippen molar-refractivity contribution in [1.82, 2.24) is 10.6 Å². The maximum atomic E-state index is 12.1. The summed E-state index contributed by atoms with van der Waals surface area (Å²) in [6, 6.07) is 0. The molecule has 0 aromatic rings. The van der Waals surface area contributed by atoms with Crippen LogP contribution in [0.2, 0.25) is 0 Å². The summed E-state index contributed by atoms with van der Waals surface area (Å²) < 4.78 is 10.8. The molecule has 0 rings (SSSR count). The first-order chi connectivity index (χ1) is 40.7. The Morgan fingerprint density at radius 1 is 0.183 bits per heavy atom. The van der Waals surface area contributed by atoms with E-state index in [9.17, 15) is 9.59 Å². The van der Waals surface area contributed by atoms with Gasteiger partial charge in [0.15, 0.2) is 0 Å². The maximum Gasteiger partial charge on any atom is 0.407 e. The highest BCUT2D eigenvalue weighted by molar-refractivity contribution is 5.67. The molecule has 2 N–H and O–H groups in total. The Labute approximate surface area is 516 Å². The van der Waals surface area contributed by atoms with Crippen LogP contribution in [0.25, 0.3) is 0 Å². The lowest BCUT2D eigenvalue weighted by Crippen LogP contribution is -2.26. The molecular weight excluding hydrogens is 1000 g/mol. The molecule has 0 atom stereocenters. The highest BCUT2D eigenvalue weighted by Crippen LogP contribution is 2.20. The molecule has 490 valence electrons. The summed E-state index contributed by atoms with van der Waals surface area (Å²) in [7, 11) is 0. The smallest absolute Gasteiger partial charge is 0.407 e. The Hall–Kier alpha value is -1.46. The zero-order valence-corrected chi connectivity index (χ0v) is 56.5. The standard InChI is InChI=1S/C76H152N2O4/c1-3-5-7-9-11-13-15-17-19-21-23-25-27-29-31-33-35-37-39-41-43-45-47-49-51-53-55-57-59-61-65-69-73-81-75(79)77-71-67-63-64-68-72-78-76(80)82-74-70-66-62-60-58-56-54-52-50-48-46-44-42-40-38-36-34-32-30-28-26-24-22-20-18-16-14-12-10-8-6-4-2/h3-74H2,1-2H3,(H,77,79)(H,78,80). The zero-order valence-electron chi connectivity index (χ0n) is 56.5. The van der Waals surface area contributed by atoms with E-state index in [0.717, 1.165) is 51.4 Å². The van der Waals surface area contributed by atoms with Gasteiger partial charge in [-0.05, 0) is 25.7 Å². The van der Waals surface area contributed by atoms with Crippen LogP contribution in [0, 0.1) is 0 Å². The number of carbonyl (C=O) groups is 2. The number of ether oxygens (including phenoxy) is 2. The van der Waals surface area contributed by atoms with Crippen molar-refractivity contribution in [3.63, 3.8) is 0 Å². The molecule has 0 saturated carbocycles. The van der Waals surface area contributed by atoms with E-state index in [1.165, 1.54) is 385 Å². The Morgan fingerprint density at radius 3 is 0.451 bits per heavy atom. The number of rotatable bonds is 73. The predicted octanol–water partition coefficient (Wildman–Crippen LogP) is 27.0. The first-order valence-corrected chi connectivity index (χ1v) is 38.5. The third-order valence-corrected chi connectivity index (χ3v) is 18.1. The van der Waals surface area contributed by atoms with E-state index >= 15 is 0 Å². The number of hydrogen-bond acceptors (Lipinski definition) is 4. The fraction of sp³-hybridized carbons (Fsp3) is 0.974. The van der Waals surface area contributed by atoms with Crippen LogP contribution < -0.4 is 10.6 Å². The number of amides is 2. The molecule has 2 amide bonds. The van der Waals surface area contributed by atoms with Crippen LogP contribution in [0.15, 0.2) is 0 Å². The van der Waals surface area contributed by atoms with Crippen LogP contribution in [0.5, 0.6) is 0 Å². The Kier molecular flexibility index (Phi) is 74.3. The van der Waals surface area contributed by atoms with Crippen LogP contribution >= 0.6 is 0 Å². The molecular formula is C76H152N2O4. The van der Waals surface area contributed by atoms with E-state index < -0.39 is 0 Å². The van der Waals surface area contributed by atoms with Crippen molar-refractivity contribution >= 4 is 12.2 Å². The van der Waals surface area contributed by atoms with Gasteiger partial charge in [-0.2, -0.15) is 0 Å². The minimum atomic E-state index is -0.285. The quantitative estimate of drug-likeness (QED) is 0.0595. The molecule has 0 aliphatic heterocycles. The van der Waals surface area contributed by atoms with Crippen LogP contribution in [0.1, 0.15) is 450 Å². The SMILES string of the molecule is CCCCCCCCCCCCCCCCCCCCCCCCCCCCCCCCCCOC(=O)NCCCCCCNC(=O)OCCCCCCCCCCCCCCCCCCCCCCCCCCCCCCCCCC. The Balaban J connectivity index is 3.20. The van der Waals surface area contributed by atoms with Gasteiger partial charge in [-0.15, -0.1) is 0 Å². The maximum absolute atomic E-state index is 12.1. The van der Waals surface area contributed by atoms with Crippen molar-refractivity contribution in [2.24, 2.45) is 0 Å². The average Bonchev–Trinajstić information content (AvgIpc) is 3.48. The van der Waals surface area contributed by atoms with Crippen LogP contribution in [-0.4, -0.2) is 38.5 Å². The van der Waals surface area contributed by atoms with E-state index in [4.69, 9.17) is 9.47 Å². The Bertz CT molecular complexity index is 1080. The van der Waals surface area contributed by atoms with E-state index in [1.807, 2.05) is 0 Å². The normalized spacial score (nSPS) is 11.5. The predicted molar refractivity (Wildman–Crippen MR) is 364 cm³/mol. The van der Waals surface area contributed by atoms with Gasteiger partial charge in [0.1, 0.15) is 0 Å². The monoisotopic (exact) mass is 1160 g/mol. The minimum Gasteiger partial charge on any atom is -0.450 e. The van der Waals surface area contributed by atoms with E-state index in [0.29, 0.717) is 26.3 Å². The number of hydrogen-bond donors (Lipinski definition) is 2. The van der Waals surface area contributed by atoms with Crippen molar-refractivity contribution < 1.29 is 19.1 Å². The second kappa shape index (κ2) is 75.6. The number of unbranched alkanes of at least 4 members (excludes halogenated alkanes) is 65. The fourth-order valence-corrected chi connectivity index (χ4v) is 12.4. The summed E-state index contributed by atoms with van der Waals surface area (Å²) in [5, 5.41) is 5.79. The van der Waals surface area contributed by atoms with Crippen molar-refractivity contribution in [2.45, 2.75) is 450 Å². The van der Waals surface area contributed by atoms with Gasteiger partial charge in [-0.25, -0.2) is 9.59 Å². The molecule has 0 fully saturated rings. The van der Waals surface area contributed by atoms with Gasteiger partial charge in [0.25, 0.3) is 0 Å². The lowest BCUT2D eigenvalue weighted by Gasteiger charge is -2.08. The molecule has 0 aliphatic rings. The summed E-state index contributed by atoms with van der Waals surface area (Å²) in [5.74, 6) is 0. The lowest BCUT2D eigenvalue weighted by molar-refractivity contribution is 0.142. The molecule has 0 aromatic carbocycles. The van der Waals surface area contributed by atoms with Gasteiger partial charge in [-0.3, -0.25) is 0 Å². The van der Waals surface area contributed by atoms with Gasteiger partial charge < -0.3 is 20.1 Å². The summed E-state index contributed by atoms with van der Waals surface area (Å²) in [5.41, 5.74) is 0. The molecule has 0 heterocycles. The summed E-state index contributed by atoms with van der Waals surface area (Å²) in [4.78, 5) is 24.1. The molecule has 0 saturated heterocycles. The van der Waals surface area contributed by atoms with Gasteiger partial charge in [0.05, 0.1) is 13.2 Å². The summed E-state index contributed by atoms with van der Waals surface area (Å²) >= 11 is 0. The summed E-state index contributed by atoms with van der Waals surface area (Å²) in [6.45, 7) is 6.95. The largest absolute Gasteiger partial charge is 0.450 e. The topological polar surface area (TPSA) is 76.7 Å². The highest BCUT2D eigenvalue weighted by Gasteiger charge is 2.05. The van der Waals surface area contributed by atoms with Crippen LogP contribution in [0.3, 0.4) is 0 Å². The van der Waals surface area contributed by atoms with Crippen molar-refractivity contribution in [3.05, 3.63) is 0 Å². The molecule has 6 nitrogen and oxygen atoms in total. The van der Waals surface area contributed by atoms with Crippen LogP contribution in [0.4, 0.5) is 9.59 Å². The molecule has 0 spiro atoms. The van der Waals surface area contributed by atoms with Gasteiger partial charge >= 0.3 is 12.2 Å². The molecule has 0 unspecified atom stereocenters.